The van der Waals surface area contributed by atoms with Crippen LogP contribution >= 0.6 is 31.9 Å². The Kier molecular flexibility index (Phi) is 4.10. The molecular formula is C15H11Br2FN2O. The van der Waals surface area contributed by atoms with Gasteiger partial charge in [0.05, 0.1) is 0 Å². The highest BCUT2D eigenvalue weighted by Gasteiger charge is 2.31. The van der Waals surface area contributed by atoms with Gasteiger partial charge in [0.25, 0.3) is 0 Å². The fourth-order valence-electron chi connectivity index (χ4n) is 2.36. The van der Waals surface area contributed by atoms with Gasteiger partial charge in [-0.05, 0) is 35.9 Å². The number of carbonyl (C=O) groups is 1. The first-order chi connectivity index (χ1) is 10.1. The maximum atomic E-state index is 13.3. The molecule has 0 radical (unpaired) electrons. The Morgan fingerprint density at radius 3 is 2.81 bits per heavy atom. The molecule has 0 spiro atoms. The Bertz CT molecular complexity index is 721. The summed E-state index contributed by atoms with van der Waals surface area (Å²) in [7, 11) is 0. The summed E-state index contributed by atoms with van der Waals surface area (Å²) in [5.41, 5.74) is 2.45. The fraction of sp³-hybridized carbons (Fsp3) is 0.133. The lowest BCUT2D eigenvalue weighted by molar-refractivity contribution is -0.117. The lowest BCUT2D eigenvalue weighted by atomic mass is 10.1. The Hall–Kier alpha value is -1.24. The predicted molar refractivity (Wildman–Crippen MR) is 86.5 cm³/mol. The second-order valence-electron chi connectivity index (χ2n) is 4.74. The summed E-state index contributed by atoms with van der Waals surface area (Å²) in [4.78, 5) is 12.1. The Balaban J connectivity index is 1.83. The lowest BCUT2D eigenvalue weighted by Crippen LogP contribution is -2.27. The molecule has 3 nitrogen and oxygen atoms in total. The Morgan fingerprint density at radius 2 is 2.00 bits per heavy atom. The van der Waals surface area contributed by atoms with Gasteiger partial charge in [0.1, 0.15) is 11.9 Å². The first kappa shape index (κ1) is 14.7. The average Bonchev–Trinajstić information content (AvgIpc) is 2.77. The van der Waals surface area contributed by atoms with Crippen LogP contribution in [0.3, 0.4) is 0 Å². The van der Waals surface area contributed by atoms with E-state index in [9.17, 15) is 9.18 Å². The van der Waals surface area contributed by atoms with E-state index < -0.39 is 6.04 Å². The molecular weight excluding hydrogens is 403 g/mol. The van der Waals surface area contributed by atoms with E-state index in [1.54, 1.807) is 6.07 Å². The van der Waals surface area contributed by atoms with E-state index in [1.165, 1.54) is 12.1 Å². The molecule has 1 atom stereocenters. The maximum Gasteiger partial charge on any atom is 0.246 e. The molecule has 0 saturated heterocycles. The van der Waals surface area contributed by atoms with Crippen LogP contribution in [0, 0.1) is 5.82 Å². The molecule has 2 N–H and O–H groups in total. The van der Waals surface area contributed by atoms with Crippen LogP contribution in [0.25, 0.3) is 0 Å². The molecule has 0 aliphatic carbocycles. The van der Waals surface area contributed by atoms with Gasteiger partial charge >= 0.3 is 0 Å². The minimum atomic E-state index is -0.453. The lowest BCUT2D eigenvalue weighted by Gasteiger charge is -2.13. The molecule has 0 saturated carbocycles. The second kappa shape index (κ2) is 5.87. The van der Waals surface area contributed by atoms with Gasteiger partial charge in [-0.3, -0.25) is 10.1 Å². The van der Waals surface area contributed by atoms with E-state index in [4.69, 9.17) is 0 Å². The number of amides is 1. The van der Waals surface area contributed by atoms with Gasteiger partial charge < -0.3 is 5.32 Å². The molecule has 1 aliphatic heterocycles. The van der Waals surface area contributed by atoms with Crippen molar-refractivity contribution in [3.05, 3.63) is 62.3 Å². The molecule has 1 unspecified atom stereocenters. The molecule has 1 heterocycles. The zero-order valence-electron chi connectivity index (χ0n) is 10.8. The third-order valence-electron chi connectivity index (χ3n) is 3.37. The summed E-state index contributed by atoms with van der Waals surface area (Å²) in [5.74, 6) is -0.406. The Morgan fingerprint density at radius 1 is 1.19 bits per heavy atom. The van der Waals surface area contributed by atoms with Crippen molar-refractivity contribution in [2.45, 2.75) is 12.6 Å². The number of nitrogens with one attached hydrogen (secondary N) is 2. The van der Waals surface area contributed by atoms with Crippen LogP contribution in [-0.2, 0) is 11.3 Å². The normalized spacial score (nSPS) is 16.7. The van der Waals surface area contributed by atoms with Crippen LogP contribution < -0.4 is 10.6 Å². The summed E-state index contributed by atoms with van der Waals surface area (Å²) in [6, 6.07) is 9.67. The van der Waals surface area contributed by atoms with Crippen LogP contribution in [-0.4, -0.2) is 5.91 Å². The third-order valence-corrected chi connectivity index (χ3v) is 4.83. The van der Waals surface area contributed by atoms with E-state index in [1.807, 2.05) is 18.2 Å². The van der Waals surface area contributed by atoms with Crippen LogP contribution in [0.15, 0.2) is 45.3 Å². The average molecular weight is 414 g/mol. The highest BCUT2D eigenvalue weighted by atomic mass is 79.9. The number of halogens is 3. The van der Waals surface area contributed by atoms with Crippen LogP contribution in [0.5, 0.6) is 0 Å². The molecule has 0 bridgehead atoms. The highest BCUT2D eigenvalue weighted by molar-refractivity contribution is 9.10. The van der Waals surface area contributed by atoms with E-state index in [2.05, 4.69) is 42.5 Å². The minimum Gasteiger partial charge on any atom is -0.324 e. The minimum absolute atomic E-state index is 0.107. The number of hydrogen-bond acceptors (Lipinski definition) is 2. The summed E-state index contributed by atoms with van der Waals surface area (Å²) in [6.45, 7) is 0.386. The van der Waals surface area contributed by atoms with Crippen LogP contribution in [0.2, 0.25) is 0 Å². The molecule has 1 amide bonds. The standard InChI is InChI=1S/C15H11Br2FN2O/c16-10-5-4-9(18)6-8(10)7-19-14-13-11(17)2-1-3-12(13)20-15(14)21/h1-6,14,19H,7H2,(H,20,21). The summed E-state index contributed by atoms with van der Waals surface area (Å²) in [6.07, 6.45) is 0. The number of anilines is 1. The SMILES string of the molecule is O=C1Nc2cccc(Br)c2C1NCc1cc(F)ccc1Br. The van der Waals surface area contributed by atoms with Crippen molar-refractivity contribution in [1.29, 1.82) is 0 Å². The van der Waals surface area contributed by atoms with E-state index >= 15 is 0 Å². The van der Waals surface area contributed by atoms with Gasteiger partial charge in [0.2, 0.25) is 5.91 Å². The van der Waals surface area contributed by atoms with Gasteiger partial charge in [-0.1, -0.05) is 37.9 Å². The van der Waals surface area contributed by atoms with Gasteiger partial charge in [-0.2, -0.15) is 0 Å². The molecule has 108 valence electrons. The fourth-order valence-corrected chi connectivity index (χ4v) is 3.34. The summed E-state index contributed by atoms with van der Waals surface area (Å²) >= 11 is 6.85. The van der Waals surface area contributed by atoms with Gasteiger partial charge in [-0.15, -0.1) is 0 Å². The van der Waals surface area contributed by atoms with Gasteiger partial charge in [-0.25, -0.2) is 4.39 Å². The quantitative estimate of drug-likeness (QED) is 0.794. The largest absolute Gasteiger partial charge is 0.324 e. The van der Waals surface area contributed by atoms with E-state index in [0.717, 1.165) is 25.8 Å². The monoisotopic (exact) mass is 412 g/mol. The smallest absolute Gasteiger partial charge is 0.246 e. The number of fused-ring (bicyclic) bond motifs is 1. The van der Waals surface area contributed by atoms with Crippen molar-refractivity contribution in [3.8, 4) is 0 Å². The first-order valence-corrected chi connectivity index (χ1v) is 7.91. The number of hydrogen-bond donors (Lipinski definition) is 2. The van der Waals surface area contributed by atoms with Crippen LogP contribution in [0.1, 0.15) is 17.2 Å². The van der Waals surface area contributed by atoms with Crippen molar-refractivity contribution in [2.75, 3.05) is 5.32 Å². The van der Waals surface area contributed by atoms with Crippen molar-refractivity contribution in [2.24, 2.45) is 0 Å². The number of carbonyl (C=O) groups excluding carboxylic acids is 1. The predicted octanol–water partition coefficient (Wildman–Crippen LogP) is 4.13. The molecule has 1 aliphatic rings. The maximum absolute atomic E-state index is 13.3. The summed E-state index contributed by atoms with van der Waals surface area (Å²) in [5, 5.41) is 6.01. The topological polar surface area (TPSA) is 41.1 Å². The first-order valence-electron chi connectivity index (χ1n) is 6.33. The van der Waals surface area contributed by atoms with Gasteiger partial charge in [0.15, 0.2) is 0 Å². The van der Waals surface area contributed by atoms with Crippen molar-refractivity contribution in [3.63, 3.8) is 0 Å². The second-order valence-corrected chi connectivity index (χ2v) is 6.45. The zero-order valence-corrected chi connectivity index (χ0v) is 14.0. The molecule has 0 fully saturated rings. The van der Waals surface area contributed by atoms with Crippen molar-refractivity contribution in [1.82, 2.24) is 5.32 Å². The van der Waals surface area contributed by atoms with E-state index in [-0.39, 0.29) is 11.7 Å². The van der Waals surface area contributed by atoms with Gasteiger partial charge in [0, 0.05) is 26.7 Å². The van der Waals surface area contributed by atoms with Crippen molar-refractivity contribution >= 4 is 43.5 Å². The molecule has 21 heavy (non-hydrogen) atoms. The molecule has 2 aromatic rings. The van der Waals surface area contributed by atoms with E-state index in [0.29, 0.717) is 6.54 Å². The Labute approximate surface area is 138 Å². The number of rotatable bonds is 3. The molecule has 2 aromatic carbocycles. The zero-order chi connectivity index (χ0) is 15.0. The highest BCUT2D eigenvalue weighted by Crippen LogP contribution is 2.36. The molecule has 0 aromatic heterocycles. The number of benzene rings is 2. The van der Waals surface area contributed by atoms with Crippen LogP contribution in [0.4, 0.5) is 10.1 Å². The molecule has 6 heteroatoms. The third kappa shape index (κ3) is 2.88. The summed E-state index contributed by atoms with van der Waals surface area (Å²) < 4.78 is 15.0. The molecule has 3 rings (SSSR count). The van der Waals surface area contributed by atoms with Crippen molar-refractivity contribution < 1.29 is 9.18 Å².